The normalized spacial score (nSPS) is 35.0. The van der Waals surface area contributed by atoms with E-state index < -0.39 is 61.4 Å². The lowest BCUT2D eigenvalue weighted by molar-refractivity contribution is -0.339. The van der Waals surface area contributed by atoms with E-state index in [-0.39, 0.29) is 12.0 Å². The molecule has 184 valence electrons. The summed E-state index contributed by atoms with van der Waals surface area (Å²) in [4.78, 5) is 23.7. The molecule has 0 amide bonds. The van der Waals surface area contributed by atoms with Crippen molar-refractivity contribution in [1.29, 1.82) is 0 Å². The molecule has 0 aliphatic carbocycles. The first-order valence-corrected chi connectivity index (χ1v) is 10.7. The average molecular weight is 468 g/mol. The van der Waals surface area contributed by atoms with E-state index in [1.54, 1.807) is 12.2 Å². The van der Waals surface area contributed by atoms with Crippen molar-refractivity contribution >= 4 is 12.3 Å². The molecule has 0 spiro atoms. The van der Waals surface area contributed by atoms with Crippen LogP contribution in [-0.2, 0) is 28.5 Å². The number of aldehydes is 1. The first-order chi connectivity index (χ1) is 15.8. The van der Waals surface area contributed by atoms with Crippen LogP contribution in [0.4, 0.5) is 0 Å². The van der Waals surface area contributed by atoms with Gasteiger partial charge in [0.15, 0.2) is 6.29 Å². The molecule has 0 aromatic carbocycles. The van der Waals surface area contributed by atoms with Gasteiger partial charge in [0.25, 0.3) is 0 Å². The molecule has 4 N–H and O–H groups in total. The van der Waals surface area contributed by atoms with E-state index in [0.717, 1.165) is 6.42 Å². The lowest BCUT2D eigenvalue weighted by atomic mass is 9.81. The number of methoxy groups -OCH3 is 1. The quantitative estimate of drug-likeness (QED) is 0.114. The minimum absolute atomic E-state index is 0.206. The summed E-state index contributed by atoms with van der Waals surface area (Å²) in [5.74, 6) is -1.82. The number of carbonyl (C=O) groups is 2. The highest BCUT2D eigenvalue weighted by molar-refractivity contribution is 5.89. The molecule has 0 radical (unpaired) electrons. The van der Waals surface area contributed by atoms with E-state index >= 15 is 0 Å². The van der Waals surface area contributed by atoms with Gasteiger partial charge in [0, 0.05) is 17.4 Å². The Morgan fingerprint density at radius 1 is 1.21 bits per heavy atom. The van der Waals surface area contributed by atoms with E-state index in [2.05, 4.69) is 6.58 Å². The topological polar surface area (TPSA) is 152 Å². The average Bonchev–Trinajstić information content (AvgIpc) is 2.83. The monoisotopic (exact) mass is 468 g/mol. The second-order valence-electron chi connectivity index (χ2n) is 7.69. The molecule has 1 saturated heterocycles. The first-order valence-electron chi connectivity index (χ1n) is 10.7. The summed E-state index contributed by atoms with van der Waals surface area (Å²) in [5.41, 5.74) is 0.638. The van der Waals surface area contributed by atoms with E-state index in [1.165, 1.54) is 19.4 Å². The van der Waals surface area contributed by atoms with Crippen molar-refractivity contribution in [2.75, 3.05) is 13.7 Å². The van der Waals surface area contributed by atoms with Crippen LogP contribution in [0, 0.1) is 11.8 Å². The predicted octanol–water partition coefficient (Wildman–Crippen LogP) is 0.116. The van der Waals surface area contributed by atoms with Crippen LogP contribution in [0.5, 0.6) is 0 Å². The van der Waals surface area contributed by atoms with Crippen molar-refractivity contribution in [3.05, 3.63) is 48.3 Å². The Labute approximate surface area is 192 Å². The zero-order valence-corrected chi connectivity index (χ0v) is 18.6. The lowest BCUT2D eigenvalue weighted by Crippen LogP contribution is -2.60. The van der Waals surface area contributed by atoms with Crippen molar-refractivity contribution in [2.45, 2.75) is 56.8 Å². The Kier molecular flexibility index (Phi) is 10.4. The van der Waals surface area contributed by atoms with Gasteiger partial charge in [-0.2, -0.15) is 0 Å². The van der Waals surface area contributed by atoms with Crippen LogP contribution >= 0.6 is 0 Å². The largest absolute Gasteiger partial charge is 0.471 e. The van der Waals surface area contributed by atoms with Crippen molar-refractivity contribution in [1.82, 2.24) is 0 Å². The maximum atomic E-state index is 12.3. The van der Waals surface area contributed by atoms with Crippen molar-refractivity contribution in [2.24, 2.45) is 11.8 Å². The van der Waals surface area contributed by atoms with Gasteiger partial charge in [-0.3, -0.25) is 4.79 Å². The molecule has 10 heteroatoms. The third-order valence-corrected chi connectivity index (χ3v) is 5.61. The fraction of sp³-hybridized carbons (Fsp3) is 0.565. The number of aliphatic hydroxyl groups is 4. The van der Waals surface area contributed by atoms with E-state index in [4.69, 9.17) is 18.9 Å². The summed E-state index contributed by atoms with van der Waals surface area (Å²) in [6, 6.07) is 0. The number of allylic oxidation sites excluding steroid dienone is 4. The second kappa shape index (κ2) is 12.8. The molecule has 2 aliphatic rings. The minimum Gasteiger partial charge on any atom is -0.471 e. The molecule has 0 aromatic rings. The zero-order chi connectivity index (χ0) is 24.5. The number of hydrogen-bond donors (Lipinski definition) is 4. The van der Waals surface area contributed by atoms with Gasteiger partial charge in [-0.1, -0.05) is 31.2 Å². The highest BCUT2D eigenvalue weighted by Gasteiger charge is 2.47. The number of ether oxygens (including phenoxy) is 4. The summed E-state index contributed by atoms with van der Waals surface area (Å²) in [7, 11) is 1.23. The summed E-state index contributed by atoms with van der Waals surface area (Å²) < 4.78 is 21.5. The smallest absolute Gasteiger partial charge is 0.337 e. The molecule has 2 heterocycles. The molecule has 2 rings (SSSR count). The zero-order valence-electron chi connectivity index (χ0n) is 18.6. The Bertz CT molecular complexity index is 771. The molecule has 0 unspecified atom stereocenters. The third-order valence-electron chi connectivity index (χ3n) is 5.61. The highest BCUT2D eigenvalue weighted by Crippen LogP contribution is 2.37. The van der Waals surface area contributed by atoms with Crippen LogP contribution < -0.4 is 0 Å². The number of rotatable bonds is 10. The Balaban J connectivity index is 2.30. The molecule has 8 atom stereocenters. The van der Waals surface area contributed by atoms with Gasteiger partial charge in [0.05, 0.1) is 25.6 Å². The number of carbonyl (C=O) groups excluding carboxylic acids is 2. The molecule has 1 fully saturated rings. The van der Waals surface area contributed by atoms with Crippen LogP contribution in [0.15, 0.2) is 48.3 Å². The molecule has 2 aliphatic heterocycles. The SMILES string of the molecule is C=C[C@H]1[C@H](O[C@@H]2O[C@H](CO)[C@@H](O)[C@H](O)[C@H]2O)OC=C(C(=O)OC)[C@H]1C/C=C(C=O)\C=C/CC. The van der Waals surface area contributed by atoms with Crippen LogP contribution in [0.1, 0.15) is 19.8 Å². The fourth-order valence-corrected chi connectivity index (χ4v) is 3.70. The second-order valence-corrected chi connectivity index (χ2v) is 7.69. The lowest BCUT2D eigenvalue weighted by Gasteiger charge is -2.43. The van der Waals surface area contributed by atoms with E-state index in [1.807, 2.05) is 13.0 Å². The number of aliphatic hydroxyl groups excluding tert-OH is 4. The van der Waals surface area contributed by atoms with Crippen LogP contribution in [0.25, 0.3) is 0 Å². The molecular weight excluding hydrogens is 436 g/mol. The van der Waals surface area contributed by atoms with E-state index in [0.29, 0.717) is 11.9 Å². The van der Waals surface area contributed by atoms with Gasteiger partial charge in [0.1, 0.15) is 30.7 Å². The molecule has 0 saturated carbocycles. The molecular formula is C23H32O10. The maximum Gasteiger partial charge on any atom is 0.337 e. The van der Waals surface area contributed by atoms with Crippen molar-refractivity contribution < 1.29 is 49.0 Å². The van der Waals surface area contributed by atoms with E-state index in [9.17, 15) is 30.0 Å². The fourth-order valence-electron chi connectivity index (χ4n) is 3.70. The van der Waals surface area contributed by atoms with Crippen molar-refractivity contribution in [3.63, 3.8) is 0 Å². The number of esters is 1. The summed E-state index contributed by atoms with van der Waals surface area (Å²) >= 11 is 0. The van der Waals surface area contributed by atoms with Gasteiger partial charge < -0.3 is 39.4 Å². The van der Waals surface area contributed by atoms with Gasteiger partial charge in [0.2, 0.25) is 6.29 Å². The molecule has 0 aromatic heterocycles. The molecule has 10 nitrogen and oxygen atoms in total. The van der Waals surface area contributed by atoms with Crippen LogP contribution in [0.2, 0.25) is 0 Å². The van der Waals surface area contributed by atoms with Gasteiger partial charge in [-0.15, -0.1) is 6.58 Å². The summed E-state index contributed by atoms with van der Waals surface area (Å²) in [6.45, 7) is 5.12. The summed E-state index contributed by atoms with van der Waals surface area (Å²) in [5, 5.41) is 39.6. The third kappa shape index (κ3) is 6.38. The highest BCUT2D eigenvalue weighted by atomic mass is 16.8. The van der Waals surface area contributed by atoms with Gasteiger partial charge in [-0.05, 0) is 12.8 Å². The van der Waals surface area contributed by atoms with Crippen molar-refractivity contribution in [3.8, 4) is 0 Å². The van der Waals surface area contributed by atoms with Gasteiger partial charge >= 0.3 is 5.97 Å². The summed E-state index contributed by atoms with van der Waals surface area (Å²) in [6.07, 6.45) is 1.12. The maximum absolute atomic E-state index is 12.3. The Hall–Kier alpha value is -2.34. The van der Waals surface area contributed by atoms with Gasteiger partial charge in [-0.25, -0.2) is 4.79 Å². The van der Waals surface area contributed by atoms with Crippen LogP contribution in [0.3, 0.4) is 0 Å². The Morgan fingerprint density at radius 2 is 1.94 bits per heavy atom. The first kappa shape index (κ1) is 26.9. The minimum atomic E-state index is -1.62. The van der Waals surface area contributed by atoms with Crippen LogP contribution in [-0.4, -0.2) is 83.4 Å². The molecule has 33 heavy (non-hydrogen) atoms. The molecule has 0 bridgehead atoms. The predicted molar refractivity (Wildman–Crippen MR) is 115 cm³/mol. The number of hydrogen-bond acceptors (Lipinski definition) is 10. The Morgan fingerprint density at radius 3 is 2.52 bits per heavy atom. The standard InChI is InChI=1S/C23H32O10/c1-4-6-7-13(10-24)8-9-15-14(5-2)22(31-12-16(15)21(29)30-3)33-23-20(28)19(27)18(26)17(11-25)32-23/h5-8,10,12,14-15,17-20,22-23,25-28H,2,4,9,11H2,1,3H3/b7-6-,13-8+/t14-,15+,17-,18-,19+,20-,22+,23+/m1/s1.